The van der Waals surface area contributed by atoms with Gasteiger partial charge in [0.25, 0.3) is 5.91 Å². The fourth-order valence-electron chi connectivity index (χ4n) is 5.24. The number of methoxy groups -OCH3 is 1. The third-order valence-electron chi connectivity index (χ3n) is 7.48. The van der Waals surface area contributed by atoms with Gasteiger partial charge in [-0.1, -0.05) is 72.3 Å². The Morgan fingerprint density at radius 2 is 1.51 bits per heavy atom. The van der Waals surface area contributed by atoms with Crippen molar-refractivity contribution in [1.29, 1.82) is 0 Å². The van der Waals surface area contributed by atoms with Gasteiger partial charge in [0, 0.05) is 37.4 Å². The van der Waals surface area contributed by atoms with E-state index in [-0.39, 0.29) is 5.97 Å². The van der Waals surface area contributed by atoms with Crippen LogP contribution in [-0.4, -0.2) is 50.1 Å². The number of amides is 1. The molecular formula is C33H29ClF3N3O3. The quantitative estimate of drug-likeness (QED) is 0.223. The molecule has 1 N–H and O–H groups in total. The molecule has 1 saturated heterocycles. The Labute approximate surface area is 252 Å². The molecule has 6 nitrogen and oxygen atoms in total. The first-order chi connectivity index (χ1) is 20.7. The van der Waals surface area contributed by atoms with Crippen molar-refractivity contribution in [2.75, 3.05) is 43.5 Å². The molecule has 0 aliphatic carbocycles. The summed E-state index contributed by atoms with van der Waals surface area (Å²) in [5.41, 5.74) is 2.70. The average Bonchev–Trinajstić information content (AvgIpc) is 3.02. The molecule has 0 radical (unpaired) electrons. The van der Waals surface area contributed by atoms with Crippen LogP contribution in [0.1, 0.15) is 27.5 Å². The molecule has 5 rings (SSSR count). The third kappa shape index (κ3) is 6.84. The first-order valence-corrected chi connectivity index (χ1v) is 14.0. The zero-order valence-electron chi connectivity index (χ0n) is 23.3. The number of nitrogens with zero attached hydrogens (tertiary/aromatic N) is 2. The van der Waals surface area contributed by atoms with Gasteiger partial charge in [-0.3, -0.25) is 9.69 Å². The van der Waals surface area contributed by atoms with Gasteiger partial charge in [0.1, 0.15) is 6.04 Å². The number of hydrogen-bond donors (Lipinski definition) is 1. The minimum absolute atomic E-state index is 0.303. The smallest absolute Gasteiger partial charge is 0.416 e. The van der Waals surface area contributed by atoms with Crippen LogP contribution in [0.3, 0.4) is 0 Å². The minimum Gasteiger partial charge on any atom is -0.468 e. The number of halogens is 4. The van der Waals surface area contributed by atoms with Crippen LogP contribution in [0.2, 0.25) is 5.02 Å². The van der Waals surface area contributed by atoms with E-state index >= 15 is 0 Å². The summed E-state index contributed by atoms with van der Waals surface area (Å²) in [6, 6.07) is 25.8. The largest absolute Gasteiger partial charge is 0.468 e. The van der Waals surface area contributed by atoms with Gasteiger partial charge in [-0.05, 0) is 53.1 Å². The molecule has 10 heteroatoms. The van der Waals surface area contributed by atoms with Gasteiger partial charge in [0.15, 0.2) is 0 Å². The standard InChI is InChI=1S/C33H29ClF3N3O3/c1-43-32(42)30(23-7-3-2-4-8-23)40-19-17-39(18-20-40)25-15-16-29(28(34)21-25)38-31(41)27-10-6-5-9-26(27)22-11-13-24(14-12-22)33(35,36)37/h2-16,21,30H,17-20H2,1H3,(H,38,41). The molecule has 222 valence electrons. The Balaban J connectivity index is 1.27. The fourth-order valence-corrected chi connectivity index (χ4v) is 5.47. The van der Waals surface area contributed by atoms with E-state index in [1.165, 1.54) is 19.2 Å². The van der Waals surface area contributed by atoms with E-state index in [2.05, 4.69) is 15.1 Å². The Kier molecular flexibility index (Phi) is 9.03. The van der Waals surface area contributed by atoms with Gasteiger partial charge in [-0.15, -0.1) is 0 Å². The molecule has 1 aliphatic rings. The topological polar surface area (TPSA) is 61.9 Å². The predicted molar refractivity (Wildman–Crippen MR) is 161 cm³/mol. The summed E-state index contributed by atoms with van der Waals surface area (Å²) in [5.74, 6) is -0.740. The highest BCUT2D eigenvalue weighted by Crippen LogP contribution is 2.33. The number of nitrogens with one attached hydrogen (secondary N) is 1. The van der Waals surface area contributed by atoms with Crippen LogP contribution >= 0.6 is 11.6 Å². The van der Waals surface area contributed by atoms with Gasteiger partial charge in [0.05, 0.1) is 23.4 Å². The number of esters is 1. The molecule has 1 amide bonds. The summed E-state index contributed by atoms with van der Waals surface area (Å²) in [7, 11) is 1.39. The molecule has 4 aromatic carbocycles. The Morgan fingerprint density at radius 3 is 2.14 bits per heavy atom. The van der Waals surface area contributed by atoms with E-state index in [4.69, 9.17) is 16.3 Å². The molecular weight excluding hydrogens is 579 g/mol. The second-order valence-corrected chi connectivity index (χ2v) is 10.5. The normalized spacial score (nSPS) is 14.7. The Morgan fingerprint density at radius 1 is 0.860 bits per heavy atom. The van der Waals surface area contributed by atoms with Crippen molar-refractivity contribution < 1.29 is 27.5 Å². The second-order valence-electron chi connectivity index (χ2n) is 10.1. The highest BCUT2D eigenvalue weighted by molar-refractivity contribution is 6.34. The third-order valence-corrected chi connectivity index (χ3v) is 7.79. The van der Waals surface area contributed by atoms with Crippen molar-refractivity contribution in [3.63, 3.8) is 0 Å². The van der Waals surface area contributed by atoms with Crippen LogP contribution in [0, 0.1) is 0 Å². The molecule has 0 bridgehead atoms. The van der Waals surface area contributed by atoms with Crippen molar-refractivity contribution in [3.05, 3.63) is 119 Å². The highest BCUT2D eigenvalue weighted by Gasteiger charge is 2.32. The molecule has 1 fully saturated rings. The SMILES string of the molecule is COC(=O)C(c1ccccc1)N1CCN(c2ccc(NC(=O)c3ccccc3-c3ccc(C(F)(F)F)cc3)c(Cl)c2)CC1. The molecule has 1 atom stereocenters. The minimum atomic E-state index is -4.44. The van der Waals surface area contributed by atoms with Gasteiger partial charge in [-0.25, -0.2) is 4.79 Å². The summed E-state index contributed by atoms with van der Waals surface area (Å²) >= 11 is 6.60. The van der Waals surface area contributed by atoms with E-state index in [1.54, 1.807) is 36.4 Å². The van der Waals surface area contributed by atoms with Crippen LogP contribution < -0.4 is 10.2 Å². The lowest BCUT2D eigenvalue weighted by atomic mass is 9.98. The van der Waals surface area contributed by atoms with Crippen LogP contribution in [0.25, 0.3) is 11.1 Å². The van der Waals surface area contributed by atoms with Crippen molar-refractivity contribution in [3.8, 4) is 11.1 Å². The molecule has 43 heavy (non-hydrogen) atoms. The van der Waals surface area contributed by atoms with Crippen molar-refractivity contribution in [2.45, 2.75) is 12.2 Å². The molecule has 0 spiro atoms. The van der Waals surface area contributed by atoms with Gasteiger partial charge in [0.2, 0.25) is 0 Å². The number of rotatable bonds is 7. The summed E-state index contributed by atoms with van der Waals surface area (Å²) in [6.45, 7) is 2.57. The van der Waals surface area contributed by atoms with E-state index < -0.39 is 23.7 Å². The number of anilines is 2. The lowest BCUT2D eigenvalue weighted by Crippen LogP contribution is -2.49. The number of ether oxygens (including phenoxy) is 1. The maximum atomic E-state index is 13.3. The number of piperazine rings is 1. The fraction of sp³-hybridized carbons (Fsp3) is 0.212. The lowest BCUT2D eigenvalue weighted by Gasteiger charge is -2.39. The van der Waals surface area contributed by atoms with Crippen LogP contribution in [0.4, 0.5) is 24.5 Å². The van der Waals surface area contributed by atoms with Gasteiger partial charge in [-0.2, -0.15) is 13.2 Å². The Hall–Kier alpha value is -4.34. The van der Waals surface area contributed by atoms with E-state index in [0.717, 1.165) is 23.4 Å². The molecule has 1 heterocycles. The maximum Gasteiger partial charge on any atom is 0.416 e. The molecule has 4 aromatic rings. The van der Waals surface area contributed by atoms with Crippen LogP contribution in [0.5, 0.6) is 0 Å². The van der Waals surface area contributed by atoms with Crippen molar-refractivity contribution in [1.82, 2.24) is 4.90 Å². The zero-order valence-corrected chi connectivity index (χ0v) is 24.0. The molecule has 1 aliphatic heterocycles. The average molecular weight is 608 g/mol. The monoisotopic (exact) mass is 607 g/mol. The summed E-state index contributed by atoms with van der Waals surface area (Å²) in [6.07, 6.45) is -4.44. The van der Waals surface area contributed by atoms with E-state index in [1.807, 2.05) is 36.4 Å². The number of benzene rings is 4. The first kappa shape index (κ1) is 30.1. The first-order valence-electron chi connectivity index (χ1n) is 13.6. The highest BCUT2D eigenvalue weighted by atomic mass is 35.5. The molecule has 0 aromatic heterocycles. The second kappa shape index (κ2) is 12.9. The lowest BCUT2D eigenvalue weighted by molar-refractivity contribution is -0.147. The molecule has 1 unspecified atom stereocenters. The van der Waals surface area contributed by atoms with E-state index in [9.17, 15) is 22.8 Å². The van der Waals surface area contributed by atoms with Crippen LogP contribution in [0.15, 0.2) is 97.1 Å². The predicted octanol–water partition coefficient (Wildman–Crippen LogP) is 7.31. The van der Waals surface area contributed by atoms with Crippen molar-refractivity contribution >= 4 is 34.9 Å². The maximum absolute atomic E-state index is 13.3. The number of hydrogen-bond acceptors (Lipinski definition) is 5. The van der Waals surface area contributed by atoms with Crippen molar-refractivity contribution in [2.24, 2.45) is 0 Å². The zero-order chi connectivity index (χ0) is 30.6. The van der Waals surface area contributed by atoms with Crippen LogP contribution in [-0.2, 0) is 15.7 Å². The number of alkyl halides is 3. The summed E-state index contributed by atoms with van der Waals surface area (Å²) < 4.78 is 44.1. The molecule has 0 saturated carbocycles. The number of carbonyl (C=O) groups is 2. The number of carbonyl (C=O) groups excluding carboxylic acids is 2. The Bertz CT molecular complexity index is 1590. The van der Waals surface area contributed by atoms with Gasteiger partial charge < -0.3 is 15.0 Å². The van der Waals surface area contributed by atoms with E-state index in [0.29, 0.717) is 53.6 Å². The van der Waals surface area contributed by atoms with Gasteiger partial charge >= 0.3 is 12.1 Å². The summed E-state index contributed by atoms with van der Waals surface area (Å²) in [5, 5.41) is 3.18. The summed E-state index contributed by atoms with van der Waals surface area (Å²) in [4.78, 5) is 30.1.